The van der Waals surface area contributed by atoms with Gasteiger partial charge in [-0.05, 0) is 26.0 Å². The molecule has 4 heteroatoms. The van der Waals surface area contributed by atoms with E-state index >= 15 is 0 Å². The number of rotatable bonds is 3. The third-order valence-electron chi connectivity index (χ3n) is 2.44. The van der Waals surface area contributed by atoms with E-state index in [4.69, 9.17) is 10.2 Å². The van der Waals surface area contributed by atoms with Crippen LogP contribution in [0, 0.1) is 0 Å². The lowest BCUT2D eigenvalue weighted by Crippen LogP contribution is -2.49. The Labute approximate surface area is 83.7 Å². The van der Waals surface area contributed by atoms with Gasteiger partial charge in [-0.3, -0.25) is 4.79 Å². The van der Waals surface area contributed by atoms with E-state index in [1.807, 2.05) is 13.8 Å². The quantitative estimate of drug-likeness (QED) is 0.787. The standard InChI is InChI=1S/C10H16N2O2/c1-10(2,7-11)12(3)9(13)8-5-4-6-14-8/h4-6H,7,11H2,1-3H3. The van der Waals surface area contributed by atoms with Crippen molar-refractivity contribution in [1.29, 1.82) is 0 Å². The van der Waals surface area contributed by atoms with Crippen LogP contribution in [0.3, 0.4) is 0 Å². The van der Waals surface area contributed by atoms with Gasteiger partial charge in [0.15, 0.2) is 5.76 Å². The Morgan fingerprint density at radius 3 is 2.71 bits per heavy atom. The fraction of sp³-hybridized carbons (Fsp3) is 0.500. The summed E-state index contributed by atoms with van der Waals surface area (Å²) in [6, 6.07) is 3.34. The number of nitrogens with zero attached hydrogens (tertiary/aromatic N) is 1. The Balaban J connectivity index is 2.81. The van der Waals surface area contributed by atoms with Crippen LogP contribution in [-0.4, -0.2) is 29.9 Å². The Morgan fingerprint density at radius 2 is 2.29 bits per heavy atom. The average Bonchev–Trinajstić information content (AvgIpc) is 2.68. The zero-order valence-electron chi connectivity index (χ0n) is 8.78. The Kier molecular flexibility index (Phi) is 2.96. The molecule has 0 aliphatic rings. The molecule has 4 nitrogen and oxygen atoms in total. The van der Waals surface area contributed by atoms with Crippen LogP contribution in [0.25, 0.3) is 0 Å². The molecule has 2 N–H and O–H groups in total. The second-order valence-electron chi connectivity index (χ2n) is 3.86. The summed E-state index contributed by atoms with van der Waals surface area (Å²) < 4.78 is 5.02. The molecule has 1 rings (SSSR count). The summed E-state index contributed by atoms with van der Waals surface area (Å²) in [5.41, 5.74) is 5.22. The molecule has 0 saturated carbocycles. The highest BCUT2D eigenvalue weighted by Crippen LogP contribution is 2.14. The van der Waals surface area contributed by atoms with Gasteiger partial charge in [0, 0.05) is 19.1 Å². The summed E-state index contributed by atoms with van der Waals surface area (Å²) in [5, 5.41) is 0. The van der Waals surface area contributed by atoms with Gasteiger partial charge in [-0.25, -0.2) is 0 Å². The second-order valence-corrected chi connectivity index (χ2v) is 3.86. The molecule has 0 fully saturated rings. The monoisotopic (exact) mass is 196 g/mol. The smallest absolute Gasteiger partial charge is 0.289 e. The van der Waals surface area contributed by atoms with E-state index in [-0.39, 0.29) is 11.4 Å². The molecule has 1 aromatic heterocycles. The lowest BCUT2D eigenvalue weighted by atomic mass is 10.0. The van der Waals surface area contributed by atoms with Crippen LogP contribution in [-0.2, 0) is 0 Å². The third-order valence-corrected chi connectivity index (χ3v) is 2.44. The summed E-state index contributed by atoms with van der Waals surface area (Å²) in [7, 11) is 1.72. The summed E-state index contributed by atoms with van der Waals surface area (Å²) >= 11 is 0. The first-order chi connectivity index (χ1) is 6.49. The molecule has 0 saturated heterocycles. The molecule has 0 atom stereocenters. The first-order valence-corrected chi connectivity index (χ1v) is 4.51. The largest absolute Gasteiger partial charge is 0.459 e. The molecule has 0 unspecified atom stereocenters. The minimum atomic E-state index is -0.357. The molecule has 1 amide bonds. The van der Waals surface area contributed by atoms with Crippen molar-refractivity contribution in [3.63, 3.8) is 0 Å². The first kappa shape index (κ1) is 10.8. The maximum absolute atomic E-state index is 11.8. The van der Waals surface area contributed by atoms with Crippen LogP contribution in [0.5, 0.6) is 0 Å². The average molecular weight is 196 g/mol. The van der Waals surface area contributed by atoms with E-state index in [0.717, 1.165) is 0 Å². The maximum Gasteiger partial charge on any atom is 0.289 e. The number of nitrogens with two attached hydrogens (primary N) is 1. The van der Waals surface area contributed by atoms with Gasteiger partial charge in [0.25, 0.3) is 5.91 Å². The first-order valence-electron chi connectivity index (χ1n) is 4.51. The molecule has 0 aliphatic carbocycles. The SMILES string of the molecule is CN(C(=O)c1ccco1)C(C)(C)CN. The van der Waals surface area contributed by atoms with Crippen LogP contribution in [0.4, 0.5) is 0 Å². The number of amides is 1. The van der Waals surface area contributed by atoms with Crippen molar-refractivity contribution in [2.24, 2.45) is 5.73 Å². The number of furan rings is 1. The van der Waals surface area contributed by atoms with Crippen molar-refractivity contribution >= 4 is 5.91 Å². The summed E-state index contributed by atoms with van der Waals surface area (Å²) in [6.45, 7) is 4.23. The van der Waals surface area contributed by atoms with Crippen LogP contribution in [0.1, 0.15) is 24.4 Å². The molecule has 1 heterocycles. The van der Waals surface area contributed by atoms with Crippen molar-refractivity contribution in [3.05, 3.63) is 24.2 Å². The van der Waals surface area contributed by atoms with Gasteiger partial charge in [0.05, 0.1) is 6.26 Å². The van der Waals surface area contributed by atoms with Crippen molar-refractivity contribution in [2.75, 3.05) is 13.6 Å². The number of carbonyl (C=O) groups excluding carboxylic acids is 1. The van der Waals surface area contributed by atoms with E-state index in [1.165, 1.54) is 6.26 Å². The lowest BCUT2D eigenvalue weighted by molar-refractivity contribution is 0.0607. The fourth-order valence-electron chi connectivity index (χ4n) is 0.977. The van der Waals surface area contributed by atoms with Crippen molar-refractivity contribution in [3.8, 4) is 0 Å². The Bertz CT molecular complexity index is 304. The topological polar surface area (TPSA) is 59.5 Å². The van der Waals surface area contributed by atoms with Crippen LogP contribution < -0.4 is 5.73 Å². The molecular weight excluding hydrogens is 180 g/mol. The normalized spacial score (nSPS) is 11.4. The van der Waals surface area contributed by atoms with E-state index < -0.39 is 0 Å². The molecule has 0 bridgehead atoms. The van der Waals surface area contributed by atoms with Gasteiger partial charge in [0.1, 0.15) is 0 Å². The molecular formula is C10H16N2O2. The summed E-state index contributed by atoms with van der Waals surface area (Å²) in [6.07, 6.45) is 1.48. The Morgan fingerprint density at radius 1 is 1.64 bits per heavy atom. The highest BCUT2D eigenvalue weighted by atomic mass is 16.3. The van der Waals surface area contributed by atoms with Gasteiger partial charge in [-0.1, -0.05) is 0 Å². The van der Waals surface area contributed by atoms with Gasteiger partial charge < -0.3 is 15.1 Å². The molecule has 0 aliphatic heterocycles. The second kappa shape index (κ2) is 3.84. The van der Waals surface area contributed by atoms with Crippen LogP contribution >= 0.6 is 0 Å². The zero-order chi connectivity index (χ0) is 10.8. The zero-order valence-corrected chi connectivity index (χ0v) is 8.78. The van der Waals surface area contributed by atoms with Gasteiger partial charge in [0.2, 0.25) is 0 Å². The van der Waals surface area contributed by atoms with Crippen LogP contribution in [0.15, 0.2) is 22.8 Å². The fourth-order valence-corrected chi connectivity index (χ4v) is 0.977. The van der Waals surface area contributed by atoms with Crippen LogP contribution in [0.2, 0.25) is 0 Å². The molecule has 14 heavy (non-hydrogen) atoms. The minimum absolute atomic E-state index is 0.148. The highest BCUT2D eigenvalue weighted by molar-refractivity contribution is 5.91. The summed E-state index contributed by atoms with van der Waals surface area (Å²) in [5.74, 6) is 0.194. The van der Waals surface area contributed by atoms with E-state index in [9.17, 15) is 4.79 Å². The number of hydrogen-bond donors (Lipinski definition) is 1. The number of hydrogen-bond acceptors (Lipinski definition) is 3. The van der Waals surface area contributed by atoms with Crippen molar-refractivity contribution in [1.82, 2.24) is 4.90 Å². The van der Waals surface area contributed by atoms with Crippen molar-refractivity contribution in [2.45, 2.75) is 19.4 Å². The number of likely N-dealkylation sites (N-methyl/N-ethyl adjacent to an activating group) is 1. The van der Waals surface area contributed by atoms with Gasteiger partial charge in [-0.2, -0.15) is 0 Å². The maximum atomic E-state index is 11.8. The highest BCUT2D eigenvalue weighted by Gasteiger charge is 2.27. The molecule has 0 spiro atoms. The van der Waals surface area contributed by atoms with E-state index in [0.29, 0.717) is 12.3 Å². The summed E-state index contributed by atoms with van der Waals surface area (Å²) in [4.78, 5) is 13.4. The Hall–Kier alpha value is -1.29. The molecule has 0 aromatic carbocycles. The third kappa shape index (κ3) is 1.96. The molecule has 1 aromatic rings. The molecule has 78 valence electrons. The van der Waals surface area contributed by atoms with Gasteiger partial charge >= 0.3 is 0 Å². The lowest BCUT2D eigenvalue weighted by Gasteiger charge is -2.33. The predicted octanol–water partition coefficient (Wildman–Crippen LogP) is 1.09. The van der Waals surface area contributed by atoms with E-state index in [1.54, 1.807) is 24.1 Å². The predicted molar refractivity (Wildman–Crippen MR) is 53.9 cm³/mol. The van der Waals surface area contributed by atoms with Gasteiger partial charge in [-0.15, -0.1) is 0 Å². The number of carbonyl (C=O) groups is 1. The van der Waals surface area contributed by atoms with E-state index in [2.05, 4.69) is 0 Å². The molecule has 0 radical (unpaired) electrons. The van der Waals surface area contributed by atoms with Crippen molar-refractivity contribution < 1.29 is 9.21 Å². The minimum Gasteiger partial charge on any atom is -0.459 e.